The van der Waals surface area contributed by atoms with Crippen LogP contribution in [0, 0.1) is 5.92 Å². The Morgan fingerprint density at radius 2 is 1.51 bits per heavy atom. The quantitative estimate of drug-likeness (QED) is 0.327. The smallest absolute Gasteiger partial charge is 0.243 e. The van der Waals surface area contributed by atoms with E-state index >= 15 is 0 Å². The lowest BCUT2D eigenvalue weighted by molar-refractivity contribution is -0.139. The molecule has 0 saturated heterocycles. The van der Waals surface area contributed by atoms with Crippen LogP contribution in [0.25, 0.3) is 0 Å². The molecule has 0 unspecified atom stereocenters. The van der Waals surface area contributed by atoms with Crippen LogP contribution in [-0.2, 0) is 28.3 Å². The summed E-state index contributed by atoms with van der Waals surface area (Å²) in [5.41, 5.74) is 3.09. The zero-order valence-electron chi connectivity index (χ0n) is 20.3. The van der Waals surface area contributed by atoms with Crippen LogP contribution in [0.4, 0.5) is 0 Å². The van der Waals surface area contributed by atoms with Gasteiger partial charge in [0.05, 0.1) is 5.75 Å². The van der Waals surface area contributed by atoms with Gasteiger partial charge < -0.3 is 10.2 Å². The highest BCUT2D eigenvalue weighted by Crippen LogP contribution is 2.20. The minimum absolute atomic E-state index is 0.0542. The number of hydrogen-bond acceptors (Lipinski definition) is 3. The maximum Gasteiger partial charge on any atom is 0.243 e. The second-order valence-electron chi connectivity index (χ2n) is 8.97. The van der Waals surface area contributed by atoms with E-state index in [9.17, 15) is 9.59 Å². The molecule has 0 aliphatic carbocycles. The van der Waals surface area contributed by atoms with E-state index in [1.165, 1.54) is 11.8 Å². The molecule has 0 spiro atoms. The third-order valence-electron chi connectivity index (χ3n) is 5.53. The lowest BCUT2D eigenvalue weighted by Crippen LogP contribution is -2.51. The first-order valence-electron chi connectivity index (χ1n) is 11.9. The Bertz CT molecular complexity index is 1080. The maximum atomic E-state index is 13.6. The fourth-order valence-corrected chi connectivity index (χ4v) is 4.79. The fourth-order valence-electron chi connectivity index (χ4n) is 3.72. The molecular weight excluding hydrogens is 476 g/mol. The number of halogens is 1. The summed E-state index contributed by atoms with van der Waals surface area (Å²) in [6, 6.07) is 26.8. The first-order chi connectivity index (χ1) is 16.9. The van der Waals surface area contributed by atoms with Gasteiger partial charge in [0.25, 0.3) is 0 Å². The van der Waals surface area contributed by atoms with Crippen molar-refractivity contribution in [2.45, 2.75) is 38.6 Å². The summed E-state index contributed by atoms with van der Waals surface area (Å²) >= 11 is 7.64. The fraction of sp³-hybridized carbons (Fsp3) is 0.310. The number of carbonyl (C=O) groups excluding carboxylic acids is 2. The van der Waals surface area contributed by atoms with Gasteiger partial charge in [0.1, 0.15) is 6.04 Å². The molecule has 184 valence electrons. The van der Waals surface area contributed by atoms with Gasteiger partial charge in [-0.15, -0.1) is 11.8 Å². The lowest BCUT2D eigenvalue weighted by atomic mass is 10.0. The molecule has 1 atom stereocenters. The van der Waals surface area contributed by atoms with E-state index in [1.807, 2.05) is 84.9 Å². The Hall–Kier alpha value is -2.76. The number of nitrogens with one attached hydrogen (secondary N) is 1. The van der Waals surface area contributed by atoms with Crippen molar-refractivity contribution in [3.8, 4) is 0 Å². The molecule has 6 heteroatoms. The molecule has 35 heavy (non-hydrogen) atoms. The SMILES string of the molecule is CC(C)CNC(=O)[C@@H](Cc1ccccc1)N(Cc1ccccc1)C(=O)CSCc1cccc(Cl)c1. The zero-order valence-corrected chi connectivity index (χ0v) is 21.9. The number of nitrogens with zero attached hydrogens (tertiary/aromatic N) is 1. The minimum Gasteiger partial charge on any atom is -0.354 e. The number of thioether (sulfide) groups is 1. The Morgan fingerprint density at radius 1 is 0.886 bits per heavy atom. The molecule has 3 aromatic carbocycles. The molecule has 1 N–H and O–H groups in total. The van der Waals surface area contributed by atoms with Crippen molar-refractivity contribution >= 4 is 35.2 Å². The molecule has 0 heterocycles. The maximum absolute atomic E-state index is 13.6. The van der Waals surface area contributed by atoms with Crippen molar-refractivity contribution < 1.29 is 9.59 Å². The van der Waals surface area contributed by atoms with Crippen molar-refractivity contribution in [2.24, 2.45) is 5.92 Å². The summed E-state index contributed by atoms with van der Waals surface area (Å²) in [7, 11) is 0. The number of hydrogen-bond donors (Lipinski definition) is 1. The topological polar surface area (TPSA) is 49.4 Å². The monoisotopic (exact) mass is 508 g/mol. The third kappa shape index (κ3) is 9.08. The van der Waals surface area contributed by atoms with Crippen LogP contribution in [0.2, 0.25) is 5.02 Å². The van der Waals surface area contributed by atoms with Crippen molar-refractivity contribution in [2.75, 3.05) is 12.3 Å². The third-order valence-corrected chi connectivity index (χ3v) is 6.76. The standard InChI is InChI=1S/C29H33ClN2O2S/c1-22(2)18-31-29(34)27(17-23-10-5-3-6-11-23)32(19-24-12-7-4-8-13-24)28(33)21-35-20-25-14-9-15-26(30)16-25/h3-16,22,27H,17-21H2,1-2H3,(H,31,34)/t27-/m1/s1. The van der Waals surface area contributed by atoms with E-state index in [2.05, 4.69) is 19.2 Å². The summed E-state index contributed by atoms with van der Waals surface area (Å²) in [5, 5.41) is 3.74. The number of amides is 2. The number of carbonyl (C=O) groups is 2. The molecule has 4 nitrogen and oxygen atoms in total. The number of benzene rings is 3. The summed E-state index contributed by atoms with van der Waals surface area (Å²) in [6.07, 6.45) is 0.461. The van der Waals surface area contributed by atoms with Gasteiger partial charge in [-0.3, -0.25) is 9.59 Å². The van der Waals surface area contributed by atoms with Gasteiger partial charge in [0, 0.05) is 30.3 Å². The average Bonchev–Trinajstić information content (AvgIpc) is 2.86. The van der Waals surface area contributed by atoms with Gasteiger partial charge in [0.15, 0.2) is 0 Å². The van der Waals surface area contributed by atoms with E-state index in [1.54, 1.807) is 4.90 Å². The second kappa shape index (κ2) is 14.0. The van der Waals surface area contributed by atoms with E-state index in [0.29, 0.717) is 36.2 Å². The van der Waals surface area contributed by atoms with Crippen LogP contribution in [0.5, 0.6) is 0 Å². The van der Waals surface area contributed by atoms with Crippen molar-refractivity contribution in [3.05, 3.63) is 107 Å². The van der Waals surface area contributed by atoms with Crippen LogP contribution < -0.4 is 5.32 Å². The molecule has 0 aliphatic heterocycles. The van der Waals surface area contributed by atoms with Crippen LogP contribution in [0.3, 0.4) is 0 Å². The van der Waals surface area contributed by atoms with Crippen molar-refractivity contribution in [1.29, 1.82) is 0 Å². The summed E-state index contributed by atoms with van der Waals surface area (Å²) in [6.45, 7) is 5.07. The van der Waals surface area contributed by atoms with E-state index in [-0.39, 0.29) is 17.6 Å². The average molecular weight is 509 g/mol. The van der Waals surface area contributed by atoms with Crippen molar-refractivity contribution in [3.63, 3.8) is 0 Å². The largest absolute Gasteiger partial charge is 0.354 e. The lowest BCUT2D eigenvalue weighted by Gasteiger charge is -2.31. The molecule has 3 aromatic rings. The highest BCUT2D eigenvalue weighted by molar-refractivity contribution is 7.99. The summed E-state index contributed by atoms with van der Waals surface area (Å²) < 4.78 is 0. The number of rotatable bonds is 12. The molecule has 0 aromatic heterocycles. The van der Waals surface area contributed by atoms with Gasteiger partial charge >= 0.3 is 0 Å². The van der Waals surface area contributed by atoms with Gasteiger partial charge in [-0.05, 0) is 34.7 Å². The summed E-state index contributed by atoms with van der Waals surface area (Å²) in [4.78, 5) is 28.7. The van der Waals surface area contributed by atoms with Crippen LogP contribution in [0.1, 0.15) is 30.5 Å². The highest BCUT2D eigenvalue weighted by atomic mass is 35.5. The molecule has 0 fully saturated rings. The Balaban J connectivity index is 1.81. The van der Waals surface area contributed by atoms with Crippen molar-refractivity contribution in [1.82, 2.24) is 10.2 Å². The zero-order chi connectivity index (χ0) is 25.0. The summed E-state index contributed by atoms with van der Waals surface area (Å²) in [5.74, 6) is 1.10. The van der Waals surface area contributed by atoms with Gasteiger partial charge in [-0.1, -0.05) is 98.2 Å². The second-order valence-corrected chi connectivity index (χ2v) is 10.4. The van der Waals surface area contributed by atoms with Gasteiger partial charge in [-0.25, -0.2) is 0 Å². The molecule has 0 aliphatic rings. The highest BCUT2D eigenvalue weighted by Gasteiger charge is 2.30. The molecule has 3 rings (SSSR count). The van der Waals surface area contributed by atoms with Gasteiger partial charge in [-0.2, -0.15) is 0 Å². The van der Waals surface area contributed by atoms with Crippen LogP contribution >= 0.6 is 23.4 Å². The molecule has 2 amide bonds. The molecule has 0 bridgehead atoms. The first kappa shape index (κ1) is 26.8. The van der Waals surface area contributed by atoms with E-state index in [4.69, 9.17) is 11.6 Å². The van der Waals surface area contributed by atoms with Crippen LogP contribution in [0.15, 0.2) is 84.9 Å². The molecule has 0 radical (unpaired) electrons. The van der Waals surface area contributed by atoms with Crippen LogP contribution in [-0.4, -0.2) is 35.1 Å². The molecular formula is C29H33ClN2O2S. The Labute approximate surface area is 218 Å². The molecule has 0 saturated carbocycles. The normalized spacial score (nSPS) is 11.8. The van der Waals surface area contributed by atoms with Gasteiger partial charge in [0.2, 0.25) is 11.8 Å². The Kier molecular flexibility index (Phi) is 10.7. The minimum atomic E-state index is -0.601. The first-order valence-corrected chi connectivity index (χ1v) is 13.4. The predicted molar refractivity (Wildman–Crippen MR) is 146 cm³/mol. The van der Waals surface area contributed by atoms with E-state index in [0.717, 1.165) is 16.7 Å². The van der Waals surface area contributed by atoms with E-state index < -0.39 is 6.04 Å². The Morgan fingerprint density at radius 3 is 2.14 bits per heavy atom. The predicted octanol–water partition coefficient (Wildman–Crippen LogP) is 5.99.